The number of hydrogen-bond donors (Lipinski definition) is 1. The number of aryl methyl sites for hydroxylation is 1. The van der Waals surface area contributed by atoms with Crippen molar-refractivity contribution < 1.29 is 17.9 Å². The Kier molecular flexibility index (Phi) is 7.10. The van der Waals surface area contributed by atoms with Crippen LogP contribution in [0.2, 0.25) is 10.0 Å². The standard InChI is InChI=1S/C22H20Cl2N2O4S/c1-15-8-11-21(30-2)20(12-15)26(31(28,29)17-6-4-3-5-7-17)14-22(27)25-19-13-16(23)9-10-18(19)24/h3-13H,14H2,1-2H3,(H,25,27). The Labute approximate surface area is 191 Å². The van der Waals surface area contributed by atoms with E-state index in [2.05, 4.69) is 5.32 Å². The van der Waals surface area contributed by atoms with E-state index in [-0.39, 0.29) is 21.3 Å². The van der Waals surface area contributed by atoms with Gasteiger partial charge in [0.2, 0.25) is 5.91 Å². The molecular formula is C22H20Cl2N2O4S. The minimum atomic E-state index is -4.08. The molecule has 0 saturated carbocycles. The zero-order chi connectivity index (χ0) is 22.6. The van der Waals surface area contributed by atoms with Crippen LogP contribution in [0.3, 0.4) is 0 Å². The lowest BCUT2D eigenvalue weighted by molar-refractivity contribution is -0.114. The lowest BCUT2D eigenvalue weighted by Gasteiger charge is -2.26. The molecule has 0 fully saturated rings. The lowest BCUT2D eigenvalue weighted by Crippen LogP contribution is -2.38. The van der Waals surface area contributed by atoms with Gasteiger partial charge in [-0.1, -0.05) is 47.5 Å². The first-order valence-corrected chi connectivity index (χ1v) is 11.4. The van der Waals surface area contributed by atoms with Crippen molar-refractivity contribution in [1.82, 2.24) is 0 Å². The van der Waals surface area contributed by atoms with E-state index in [0.717, 1.165) is 9.87 Å². The third-order valence-electron chi connectivity index (χ3n) is 4.42. The highest BCUT2D eigenvalue weighted by atomic mass is 35.5. The Balaban J connectivity index is 2.03. The van der Waals surface area contributed by atoms with Crippen molar-refractivity contribution in [2.45, 2.75) is 11.8 Å². The molecule has 3 rings (SSSR count). The van der Waals surface area contributed by atoms with Crippen molar-refractivity contribution in [2.75, 3.05) is 23.3 Å². The van der Waals surface area contributed by atoms with E-state index >= 15 is 0 Å². The topological polar surface area (TPSA) is 75.7 Å². The van der Waals surface area contributed by atoms with Crippen molar-refractivity contribution in [3.8, 4) is 5.75 Å². The molecule has 0 aromatic heterocycles. The van der Waals surface area contributed by atoms with Gasteiger partial charge in [0.15, 0.2) is 0 Å². The van der Waals surface area contributed by atoms with Gasteiger partial charge in [-0.25, -0.2) is 8.42 Å². The number of amides is 1. The maximum absolute atomic E-state index is 13.5. The van der Waals surface area contributed by atoms with Crippen LogP contribution in [-0.4, -0.2) is 28.0 Å². The van der Waals surface area contributed by atoms with Crippen molar-refractivity contribution in [3.63, 3.8) is 0 Å². The Morgan fingerprint density at radius 3 is 2.42 bits per heavy atom. The van der Waals surface area contributed by atoms with Crippen LogP contribution >= 0.6 is 23.2 Å². The number of nitrogens with zero attached hydrogens (tertiary/aromatic N) is 1. The van der Waals surface area contributed by atoms with E-state index in [1.807, 2.05) is 6.92 Å². The molecule has 1 N–H and O–H groups in total. The summed E-state index contributed by atoms with van der Waals surface area (Å²) in [5, 5.41) is 3.29. The predicted octanol–water partition coefficient (Wildman–Crippen LogP) is 5.14. The molecule has 0 aliphatic carbocycles. The second kappa shape index (κ2) is 9.60. The molecular weight excluding hydrogens is 459 g/mol. The Bertz CT molecular complexity index is 1200. The van der Waals surface area contributed by atoms with Crippen molar-refractivity contribution in [3.05, 3.63) is 82.3 Å². The van der Waals surface area contributed by atoms with E-state index in [0.29, 0.717) is 10.8 Å². The zero-order valence-corrected chi connectivity index (χ0v) is 19.1. The van der Waals surface area contributed by atoms with Crippen LogP contribution in [0.1, 0.15) is 5.56 Å². The molecule has 162 valence electrons. The number of rotatable bonds is 7. The quantitative estimate of drug-likeness (QED) is 0.509. The average molecular weight is 479 g/mol. The third kappa shape index (κ3) is 5.31. The van der Waals surface area contributed by atoms with Gasteiger partial charge in [-0.05, 0) is 55.0 Å². The van der Waals surface area contributed by atoms with Gasteiger partial charge in [-0.15, -0.1) is 0 Å². The van der Waals surface area contributed by atoms with Gasteiger partial charge in [-0.3, -0.25) is 9.10 Å². The summed E-state index contributed by atoms with van der Waals surface area (Å²) in [5.41, 5.74) is 1.34. The van der Waals surface area contributed by atoms with Crippen molar-refractivity contribution >= 4 is 50.5 Å². The number of halogens is 2. The number of ether oxygens (including phenoxy) is 1. The molecule has 0 heterocycles. The molecule has 3 aromatic carbocycles. The summed E-state index contributed by atoms with van der Waals surface area (Å²) < 4.78 is 33.3. The first-order valence-electron chi connectivity index (χ1n) is 9.19. The fraction of sp³-hybridized carbons (Fsp3) is 0.136. The highest BCUT2D eigenvalue weighted by Gasteiger charge is 2.29. The molecule has 1 amide bonds. The number of carbonyl (C=O) groups excluding carboxylic acids is 1. The molecule has 0 bridgehead atoms. The number of nitrogens with one attached hydrogen (secondary N) is 1. The van der Waals surface area contributed by atoms with Gasteiger partial charge in [0.1, 0.15) is 12.3 Å². The molecule has 0 aliphatic rings. The van der Waals surface area contributed by atoms with Gasteiger partial charge < -0.3 is 10.1 Å². The minimum absolute atomic E-state index is 0.0483. The predicted molar refractivity (Wildman–Crippen MR) is 124 cm³/mol. The third-order valence-corrected chi connectivity index (χ3v) is 6.76. The normalized spacial score (nSPS) is 11.1. The molecule has 0 unspecified atom stereocenters. The first kappa shape index (κ1) is 22.9. The Morgan fingerprint density at radius 1 is 1.03 bits per heavy atom. The number of benzene rings is 3. The Hall–Kier alpha value is -2.74. The maximum atomic E-state index is 13.5. The van der Waals surface area contributed by atoms with E-state index in [1.54, 1.807) is 48.5 Å². The van der Waals surface area contributed by atoms with Gasteiger partial charge in [0.25, 0.3) is 10.0 Å². The van der Waals surface area contributed by atoms with Gasteiger partial charge in [0.05, 0.1) is 28.4 Å². The van der Waals surface area contributed by atoms with E-state index in [1.165, 1.54) is 25.3 Å². The molecule has 0 atom stereocenters. The molecule has 31 heavy (non-hydrogen) atoms. The maximum Gasteiger partial charge on any atom is 0.264 e. The van der Waals surface area contributed by atoms with E-state index in [4.69, 9.17) is 27.9 Å². The van der Waals surface area contributed by atoms with Crippen molar-refractivity contribution in [2.24, 2.45) is 0 Å². The molecule has 0 saturated heterocycles. The van der Waals surface area contributed by atoms with Crippen LogP contribution < -0.4 is 14.4 Å². The largest absolute Gasteiger partial charge is 0.495 e. The van der Waals surface area contributed by atoms with Gasteiger partial charge in [-0.2, -0.15) is 0 Å². The van der Waals surface area contributed by atoms with Crippen LogP contribution in [-0.2, 0) is 14.8 Å². The van der Waals surface area contributed by atoms with Crippen LogP contribution in [0.4, 0.5) is 11.4 Å². The summed E-state index contributed by atoms with van der Waals surface area (Å²) in [4.78, 5) is 12.9. The first-order chi connectivity index (χ1) is 14.7. The average Bonchev–Trinajstić information content (AvgIpc) is 2.75. The number of sulfonamides is 1. The molecule has 0 radical (unpaired) electrons. The molecule has 3 aromatic rings. The highest BCUT2D eigenvalue weighted by molar-refractivity contribution is 7.92. The van der Waals surface area contributed by atoms with Gasteiger partial charge in [0, 0.05) is 5.02 Å². The summed E-state index contributed by atoms with van der Waals surface area (Å²) in [5.74, 6) is -0.272. The Morgan fingerprint density at radius 2 is 1.74 bits per heavy atom. The number of hydrogen-bond acceptors (Lipinski definition) is 4. The minimum Gasteiger partial charge on any atom is -0.495 e. The monoisotopic (exact) mass is 478 g/mol. The van der Waals surface area contributed by atoms with E-state index < -0.39 is 22.5 Å². The molecule has 6 nitrogen and oxygen atoms in total. The summed E-state index contributed by atoms with van der Waals surface area (Å²) >= 11 is 12.1. The van der Waals surface area contributed by atoms with Gasteiger partial charge >= 0.3 is 0 Å². The summed E-state index contributed by atoms with van der Waals surface area (Å²) in [6, 6.07) is 17.6. The zero-order valence-electron chi connectivity index (χ0n) is 16.8. The van der Waals surface area contributed by atoms with Crippen LogP contribution in [0.15, 0.2) is 71.6 Å². The second-order valence-corrected chi connectivity index (χ2v) is 9.38. The summed E-state index contributed by atoms with van der Waals surface area (Å²) in [6.45, 7) is 1.32. The van der Waals surface area contributed by atoms with Crippen LogP contribution in [0.25, 0.3) is 0 Å². The SMILES string of the molecule is COc1ccc(C)cc1N(CC(=O)Nc1cc(Cl)ccc1Cl)S(=O)(=O)c1ccccc1. The van der Waals surface area contributed by atoms with Crippen LogP contribution in [0, 0.1) is 6.92 Å². The number of anilines is 2. The fourth-order valence-corrected chi connectivity index (χ4v) is 4.71. The van der Waals surface area contributed by atoms with Crippen LogP contribution in [0.5, 0.6) is 5.75 Å². The lowest BCUT2D eigenvalue weighted by atomic mass is 10.2. The smallest absolute Gasteiger partial charge is 0.264 e. The number of methoxy groups -OCH3 is 1. The fourth-order valence-electron chi connectivity index (χ4n) is 2.93. The highest BCUT2D eigenvalue weighted by Crippen LogP contribution is 2.33. The van der Waals surface area contributed by atoms with E-state index in [9.17, 15) is 13.2 Å². The number of carbonyl (C=O) groups is 1. The summed E-state index contributed by atoms with van der Waals surface area (Å²) in [6.07, 6.45) is 0. The molecule has 0 aliphatic heterocycles. The summed E-state index contributed by atoms with van der Waals surface area (Å²) in [7, 11) is -2.64. The van der Waals surface area contributed by atoms with Crippen molar-refractivity contribution in [1.29, 1.82) is 0 Å². The molecule has 0 spiro atoms. The molecule has 9 heteroatoms. The second-order valence-electron chi connectivity index (χ2n) is 6.67.